The summed E-state index contributed by atoms with van der Waals surface area (Å²) in [4.78, 5) is 31.3. The highest BCUT2D eigenvalue weighted by Gasteiger charge is 2.32. The van der Waals surface area contributed by atoms with Crippen molar-refractivity contribution >= 4 is 28.8 Å². The first-order chi connectivity index (χ1) is 9.69. The molecule has 0 aliphatic carbocycles. The summed E-state index contributed by atoms with van der Waals surface area (Å²) in [6, 6.07) is 0. The highest BCUT2D eigenvalue weighted by atomic mass is 16.2. The molecule has 1 aliphatic rings. The molecule has 20 heavy (non-hydrogen) atoms. The number of rotatable bonds is 3. The molecule has 0 bridgehead atoms. The zero-order valence-electron chi connectivity index (χ0n) is 10.4. The predicted octanol–water partition coefficient (Wildman–Crippen LogP) is 0.598. The number of imidazole rings is 1. The Bertz CT molecular complexity index is 717. The second-order valence-corrected chi connectivity index (χ2v) is 4.50. The molecule has 102 valence electrons. The van der Waals surface area contributed by atoms with Gasteiger partial charge in [-0.3, -0.25) is 9.69 Å². The number of carbonyl (C=O) groups is 1. The molecule has 3 rings (SSSR count). The molecule has 0 spiro atoms. The summed E-state index contributed by atoms with van der Waals surface area (Å²) < 4.78 is 0. The number of nitrogens with one attached hydrogen (secondary N) is 1. The fourth-order valence-electron chi connectivity index (χ4n) is 2.21. The van der Waals surface area contributed by atoms with Crippen LogP contribution < -0.4 is 10.6 Å². The Hall–Kier alpha value is -2.87. The van der Waals surface area contributed by atoms with E-state index in [0.29, 0.717) is 24.1 Å². The fraction of sp³-hybridized carbons (Fsp3) is 0.400. The Morgan fingerprint density at radius 2 is 2.45 bits per heavy atom. The minimum atomic E-state index is -0.113. The third-order valence-corrected chi connectivity index (χ3v) is 3.15. The number of nitrogens with zero attached hydrogens (tertiary/aromatic N) is 7. The van der Waals surface area contributed by atoms with Crippen LogP contribution in [0, 0.1) is 5.92 Å². The smallest absolute Gasteiger partial charge is 0.236 e. The highest BCUT2D eigenvalue weighted by Crippen LogP contribution is 2.25. The Morgan fingerprint density at radius 1 is 1.60 bits per heavy atom. The van der Waals surface area contributed by atoms with Crippen LogP contribution in [0.1, 0.15) is 6.42 Å². The largest absolute Gasteiger partial charge is 0.382 e. The Morgan fingerprint density at radius 3 is 3.25 bits per heavy atom. The van der Waals surface area contributed by atoms with Gasteiger partial charge in [-0.1, -0.05) is 5.11 Å². The van der Waals surface area contributed by atoms with E-state index >= 15 is 0 Å². The van der Waals surface area contributed by atoms with E-state index in [1.54, 1.807) is 0 Å². The normalized spacial score (nSPS) is 18.5. The first-order valence-electron chi connectivity index (χ1n) is 5.97. The maximum absolute atomic E-state index is 12.0. The van der Waals surface area contributed by atoms with E-state index in [9.17, 15) is 4.79 Å². The second-order valence-electron chi connectivity index (χ2n) is 4.50. The highest BCUT2D eigenvalue weighted by molar-refractivity contribution is 5.95. The third kappa shape index (κ3) is 1.97. The van der Waals surface area contributed by atoms with E-state index in [4.69, 9.17) is 11.3 Å². The topological polar surface area (TPSA) is 150 Å². The number of fused-ring (bicyclic) bond motifs is 1. The number of hydrogen-bond acceptors (Lipinski definition) is 6. The molecule has 0 radical (unpaired) electrons. The minimum absolute atomic E-state index is 0.0295. The number of aromatic amines is 1. The van der Waals surface area contributed by atoms with Crippen molar-refractivity contribution in [2.75, 3.05) is 23.7 Å². The van der Waals surface area contributed by atoms with Crippen LogP contribution in [0.4, 0.5) is 11.8 Å². The van der Waals surface area contributed by atoms with Gasteiger partial charge in [0.25, 0.3) is 0 Å². The number of nitrogens with two attached hydrogens (primary N) is 1. The standard InChI is InChI=1S/C10H11N9O/c11-8-7-9(14-4-13-7)17-10(16-8)19-3-5(1-6(19)20)2-15-18-12/h4-5H,1-3H2,(H3,11,13,14,16,17). The van der Waals surface area contributed by atoms with Gasteiger partial charge in [0, 0.05) is 24.4 Å². The van der Waals surface area contributed by atoms with Crippen LogP contribution in [0.5, 0.6) is 0 Å². The molecular weight excluding hydrogens is 262 g/mol. The van der Waals surface area contributed by atoms with Crippen molar-refractivity contribution < 1.29 is 4.79 Å². The first-order valence-corrected chi connectivity index (χ1v) is 5.97. The van der Waals surface area contributed by atoms with Gasteiger partial charge in [-0.2, -0.15) is 9.97 Å². The summed E-state index contributed by atoms with van der Waals surface area (Å²) in [5, 5.41) is 3.49. The van der Waals surface area contributed by atoms with Gasteiger partial charge in [-0.25, -0.2) is 4.98 Å². The number of anilines is 2. The van der Waals surface area contributed by atoms with E-state index in [1.165, 1.54) is 11.2 Å². The lowest BCUT2D eigenvalue weighted by atomic mass is 10.1. The van der Waals surface area contributed by atoms with Crippen molar-refractivity contribution in [3.63, 3.8) is 0 Å². The van der Waals surface area contributed by atoms with Crippen molar-refractivity contribution in [1.82, 2.24) is 19.9 Å². The summed E-state index contributed by atoms with van der Waals surface area (Å²) in [7, 11) is 0. The van der Waals surface area contributed by atoms with Crippen molar-refractivity contribution in [1.29, 1.82) is 0 Å². The molecule has 2 aromatic rings. The van der Waals surface area contributed by atoms with E-state index < -0.39 is 0 Å². The summed E-state index contributed by atoms with van der Waals surface area (Å²) in [6.45, 7) is 0.687. The first kappa shape index (κ1) is 12.2. The van der Waals surface area contributed by atoms with Crippen molar-refractivity contribution in [2.45, 2.75) is 6.42 Å². The maximum Gasteiger partial charge on any atom is 0.236 e. The quantitative estimate of drug-likeness (QED) is 0.476. The number of azide groups is 1. The van der Waals surface area contributed by atoms with Gasteiger partial charge in [0.05, 0.1) is 6.33 Å². The summed E-state index contributed by atoms with van der Waals surface area (Å²) in [5.74, 6) is 0.333. The lowest BCUT2D eigenvalue weighted by molar-refractivity contribution is -0.117. The SMILES string of the molecule is [N-]=[N+]=NCC1CC(=O)N(c2nc(N)c3[nH]cnc3n2)C1. The van der Waals surface area contributed by atoms with Gasteiger partial charge < -0.3 is 10.7 Å². The van der Waals surface area contributed by atoms with Gasteiger partial charge in [-0.15, -0.1) is 0 Å². The Kier molecular flexibility index (Phi) is 2.84. The summed E-state index contributed by atoms with van der Waals surface area (Å²) >= 11 is 0. The van der Waals surface area contributed by atoms with Gasteiger partial charge in [-0.05, 0) is 11.4 Å². The molecule has 1 atom stereocenters. The number of carbonyl (C=O) groups excluding carboxylic acids is 1. The van der Waals surface area contributed by atoms with Crippen molar-refractivity contribution in [3.8, 4) is 0 Å². The van der Waals surface area contributed by atoms with Crippen molar-refractivity contribution in [3.05, 3.63) is 16.8 Å². The molecule has 1 aliphatic heterocycles. The summed E-state index contributed by atoms with van der Waals surface area (Å²) in [6.07, 6.45) is 1.77. The molecule has 1 saturated heterocycles. The molecule has 2 aromatic heterocycles. The van der Waals surface area contributed by atoms with Gasteiger partial charge >= 0.3 is 0 Å². The second kappa shape index (κ2) is 4.67. The van der Waals surface area contributed by atoms with E-state index in [1.807, 2.05) is 0 Å². The monoisotopic (exact) mass is 273 g/mol. The van der Waals surface area contributed by atoms with Gasteiger partial charge in [0.15, 0.2) is 11.5 Å². The third-order valence-electron chi connectivity index (χ3n) is 3.15. The average molecular weight is 273 g/mol. The maximum atomic E-state index is 12.0. The fourth-order valence-corrected chi connectivity index (χ4v) is 2.21. The number of nitrogen functional groups attached to an aromatic ring is 1. The van der Waals surface area contributed by atoms with Gasteiger partial charge in [0.1, 0.15) is 5.52 Å². The molecule has 1 amide bonds. The molecule has 1 unspecified atom stereocenters. The average Bonchev–Trinajstić information content (AvgIpc) is 3.02. The zero-order chi connectivity index (χ0) is 14.1. The number of amides is 1. The Labute approximate surface area is 112 Å². The lowest BCUT2D eigenvalue weighted by Crippen LogP contribution is -2.27. The van der Waals surface area contributed by atoms with Crippen molar-refractivity contribution in [2.24, 2.45) is 11.0 Å². The molecule has 3 N–H and O–H groups in total. The molecule has 3 heterocycles. The number of H-pyrrole nitrogens is 1. The molecule has 10 nitrogen and oxygen atoms in total. The molecule has 0 aromatic carbocycles. The number of hydrogen-bond donors (Lipinski definition) is 2. The van der Waals surface area contributed by atoms with Crippen LogP contribution in [0.25, 0.3) is 21.6 Å². The van der Waals surface area contributed by atoms with Crippen LogP contribution in [0.3, 0.4) is 0 Å². The minimum Gasteiger partial charge on any atom is -0.382 e. The van der Waals surface area contributed by atoms with Crippen LogP contribution in [0.15, 0.2) is 11.4 Å². The van der Waals surface area contributed by atoms with E-state index in [2.05, 4.69) is 30.0 Å². The molecular formula is C10H11N9O. The predicted molar refractivity (Wildman–Crippen MR) is 70.6 cm³/mol. The van der Waals surface area contributed by atoms with Crippen LogP contribution in [0.2, 0.25) is 0 Å². The number of aromatic nitrogens is 4. The molecule has 10 heteroatoms. The van der Waals surface area contributed by atoms with Crippen LogP contribution >= 0.6 is 0 Å². The van der Waals surface area contributed by atoms with E-state index in [0.717, 1.165) is 0 Å². The Balaban J connectivity index is 1.90. The zero-order valence-corrected chi connectivity index (χ0v) is 10.4. The summed E-state index contributed by atoms with van der Waals surface area (Å²) in [5.41, 5.74) is 15.1. The molecule has 0 saturated carbocycles. The lowest BCUT2D eigenvalue weighted by Gasteiger charge is -2.14. The van der Waals surface area contributed by atoms with E-state index in [-0.39, 0.29) is 30.1 Å². The van der Waals surface area contributed by atoms with Gasteiger partial charge in [0.2, 0.25) is 11.9 Å². The van der Waals surface area contributed by atoms with Crippen LogP contribution in [-0.4, -0.2) is 38.9 Å². The molecule has 1 fully saturated rings. The van der Waals surface area contributed by atoms with Crippen LogP contribution in [-0.2, 0) is 4.79 Å².